The van der Waals surface area contributed by atoms with E-state index in [4.69, 9.17) is 0 Å². The molecule has 0 unspecified atom stereocenters. The van der Waals surface area contributed by atoms with Crippen molar-refractivity contribution < 1.29 is 4.79 Å². The van der Waals surface area contributed by atoms with Gasteiger partial charge in [0.1, 0.15) is 11.0 Å². The second-order valence-corrected chi connectivity index (χ2v) is 6.68. The van der Waals surface area contributed by atoms with Gasteiger partial charge in [0.15, 0.2) is 0 Å². The molecule has 122 valence electrons. The molecule has 0 fully saturated rings. The number of anilines is 1. The lowest BCUT2D eigenvalue weighted by molar-refractivity contribution is -0.117. The van der Waals surface area contributed by atoms with E-state index in [0.717, 1.165) is 41.3 Å². The lowest BCUT2D eigenvalue weighted by Gasteiger charge is -2.24. The molecule has 0 saturated heterocycles. The normalized spacial score (nSPS) is 16.5. The van der Waals surface area contributed by atoms with E-state index in [9.17, 15) is 4.79 Å². The SMILES string of the molecule is CN(CC(=O)Nc1cccc2nsnc12)[C@@H]1CCc2ccccc21. The predicted octanol–water partition coefficient (Wildman–Crippen LogP) is 3.25. The van der Waals surface area contributed by atoms with Crippen molar-refractivity contribution in [1.29, 1.82) is 0 Å². The van der Waals surface area contributed by atoms with Crippen LogP contribution in [0.3, 0.4) is 0 Å². The minimum absolute atomic E-state index is 0.0256. The molecule has 1 aliphatic rings. The molecule has 1 heterocycles. The molecule has 1 atom stereocenters. The van der Waals surface area contributed by atoms with Gasteiger partial charge in [-0.05, 0) is 43.1 Å². The minimum atomic E-state index is -0.0256. The molecule has 0 radical (unpaired) electrons. The molecule has 0 spiro atoms. The first kappa shape index (κ1) is 15.2. The third-order valence-electron chi connectivity index (χ3n) is 4.59. The molecule has 0 aliphatic heterocycles. The monoisotopic (exact) mass is 338 g/mol. The molecule has 6 heteroatoms. The van der Waals surface area contributed by atoms with Gasteiger partial charge in [0.25, 0.3) is 0 Å². The first-order valence-corrected chi connectivity index (χ1v) is 8.74. The molecule has 3 aromatic rings. The third-order valence-corrected chi connectivity index (χ3v) is 5.13. The summed E-state index contributed by atoms with van der Waals surface area (Å²) in [5.74, 6) is -0.0256. The lowest BCUT2D eigenvalue weighted by atomic mass is 10.1. The van der Waals surface area contributed by atoms with Crippen LogP contribution >= 0.6 is 11.7 Å². The summed E-state index contributed by atoms with van der Waals surface area (Å²) in [4.78, 5) is 14.6. The highest BCUT2D eigenvalue weighted by molar-refractivity contribution is 7.00. The summed E-state index contributed by atoms with van der Waals surface area (Å²) in [5, 5.41) is 2.97. The Balaban J connectivity index is 1.46. The van der Waals surface area contributed by atoms with E-state index in [0.29, 0.717) is 12.6 Å². The summed E-state index contributed by atoms with van der Waals surface area (Å²) in [6.07, 6.45) is 2.14. The summed E-state index contributed by atoms with van der Waals surface area (Å²) >= 11 is 1.16. The second kappa shape index (κ2) is 6.30. The van der Waals surface area contributed by atoms with Gasteiger partial charge >= 0.3 is 0 Å². The maximum atomic E-state index is 12.5. The molecule has 1 N–H and O–H groups in total. The van der Waals surface area contributed by atoms with Crippen LogP contribution in [0.25, 0.3) is 11.0 Å². The van der Waals surface area contributed by atoms with E-state index in [-0.39, 0.29) is 5.91 Å². The number of aryl methyl sites for hydroxylation is 1. The molecular formula is C18H18N4OS. The van der Waals surface area contributed by atoms with E-state index in [1.165, 1.54) is 11.1 Å². The molecule has 5 nitrogen and oxygen atoms in total. The van der Waals surface area contributed by atoms with Gasteiger partial charge < -0.3 is 5.32 Å². The van der Waals surface area contributed by atoms with Gasteiger partial charge in [0.2, 0.25) is 5.91 Å². The zero-order chi connectivity index (χ0) is 16.5. The van der Waals surface area contributed by atoms with Crippen LogP contribution in [0.2, 0.25) is 0 Å². The highest BCUT2D eigenvalue weighted by atomic mass is 32.1. The smallest absolute Gasteiger partial charge is 0.238 e. The number of nitrogens with one attached hydrogen (secondary N) is 1. The number of rotatable bonds is 4. The fraction of sp³-hybridized carbons (Fsp3) is 0.278. The van der Waals surface area contributed by atoms with Crippen LogP contribution in [-0.2, 0) is 11.2 Å². The number of benzene rings is 2. The van der Waals surface area contributed by atoms with Gasteiger partial charge in [-0.1, -0.05) is 30.3 Å². The molecule has 0 bridgehead atoms. The van der Waals surface area contributed by atoms with Crippen molar-refractivity contribution in [3.63, 3.8) is 0 Å². The van der Waals surface area contributed by atoms with Crippen molar-refractivity contribution in [1.82, 2.24) is 13.6 Å². The van der Waals surface area contributed by atoms with Crippen LogP contribution in [-0.4, -0.2) is 33.1 Å². The molecule has 1 aliphatic carbocycles. The van der Waals surface area contributed by atoms with Crippen molar-refractivity contribution in [2.75, 3.05) is 18.9 Å². The van der Waals surface area contributed by atoms with Crippen LogP contribution in [0.4, 0.5) is 5.69 Å². The van der Waals surface area contributed by atoms with Gasteiger partial charge in [0.05, 0.1) is 24.0 Å². The van der Waals surface area contributed by atoms with Crippen LogP contribution in [0.5, 0.6) is 0 Å². The van der Waals surface area contributed by atoms with E-state index in [1.54, 1.807) is 0 Å². The van der Waals surface area contributed by atoms with Crippen molar-refractivity contribution in [3.8, 4) is 0 Å². The summed E-state index contributed by atoms with van der Waals surface area (Å²) < 4.78 is 8.46. The largest absolute Gasteiger partial charge is 0.323 e. The summed E-state index contributed by atoms with van der Waals surface area (Å²) in [7, 11) is 2.01. The van der Waals surface area contributed by atoms with Crippen molar-refractivity contribution >= 4 is 34.4 Å². The maximum absolute atomic E-state index is 12.5. The zero-order valence-corrected chi connectivity index (χ0v) is 14.2. The number of amides is 1. The fourth-order valence-corrected chi connectivity index (χ4v) is 3.98. The van der Waals surface area contributed by atoms with Crippen molar-refractivity contribution in [2.24, 2.45) is 0 Å². The molecule has 4 rings (SSSR count). The highest BCUT2D eigenvalue weighted by Crippen LogP contribution is 2.34. The number of fused-ring (bicyclic) bond motifs is 2. The Hall–Kier alpha value is -2.31. The van der Waals surface area contributed by atoms with Crippen LogP contribution in [0.1, 0.15) is 23.6 Å². The molecule has 0 saturated carbocycles. The summed E-state index contributed by atoms with van der Waals surface area (Å²) in [6.45, 7) is 0.354. The number of aromatic nitrogens is 2. The van der Waals surface area contributed by atoms with E-state index < -0.39 is 0 Å². The van der Waals surface area contributed by atoms with Crippen LogP contribution in [0.15, 0.2) is 42.5 Å². The Morgan fingerprint density at radius 1 is 1.25 bits per heavy atom. The summed E-state index contributed by atoms with van der Waals surface area (Å²) in [5.41, 5.74) is 5.04. The van der Waals surface area contributed by atoms with Gasteiger partial charge in [-0.25, -0.2) is 0 Å². The first-order valence-electron chi connectivity index (χ1n) is 8.01. The fourth-order valence-electron chi connectivity index (χ4n) is 3.43. The summed E-state index contributed by atoms with van der Waals surface area (Å²) in [6, 6.07) is 14.5. The molecule has 1 aromatic heterocycles. The molecular weight excluding hydrogens is 320 g/mol. The van der Waals surface area contributed by atoms with Crippen LogP contribution < -0.4 is 5.32 Å². The molecule has 2 aromatic carbocycles. The lowest BCUT2D eigenvalue weighted by Crippen LogP contribution is -2.32. The maximum Gasteiger partial charge on any atom is 0.238 e. The standard InChI is InChI=1S/C18H18N4OS/c1-22(16-10-9-12-5-2-3-6-13(12)16)11-17(23)19-14-7-4-8-15-18(14)21-24-20-15/h2-8,16H,9-11H2,1H3,(H,19,23)/t16-/m1/s1. The average Bonchev–Trinajstić information content (AvgIpc) is 3.22. The van der Waals surface area contributed by atoms with Gasteiger partial charge in [-0.2, -0.15) is 8.75 Å². The highest BCUT2D eigenvalue weighted by Gasteiger charge is 2.26. The number of nitrogens with zero attached hydrogens (tertiary/aromatic N) is 3. The molecule has 1 amide bonds. The molecule has 24 heavy (non-hydrogen) atoms. The quantitative estimate of drug-likeness (QED) is 0.793. The average molecular weight is 338 g/mol. The van der Waals surface area contributed by atoms with E-state index in [2.05, 4.69) is 43.2 Å². The first-order chi connectivity index (χ1) is 11.7. The van der Waals surface area contributed by atoms with Gasteiger partial charge in [-0.15, -0.1) is 0 Å². The number of hydrogen-bond donors (Lipinski definition) is 1. The van der Waals surface area contributed by atoms with Gasteiger partial charge in [-0.3, -0.25) is 9.69 Å². The number of likely N-dealkylation sites (N-methyl/N-ethyl adjacent to an activating group) is 1. The van der Waals surface area contributed by atoms with Gasteiger partial charge in [0, 0.05) is 6.04 Å². The zero-order valence-electron chi connectivity index (χ0n) is 13.4. The minimum Gasteiger partial charge on any atom is -0.323 e. The van der Waals surface area contributed by atoms with Crippen molar-refractivity contribution in [3.05, 3.63) is 53.6 Å². The Morgan fingerprint density at radius 3 is 3.04 bits per heavy atom. The Bertz CT molecular complexity index is 891. The number of carbonyl (C=O) groups excluding carboxylic acids is 1. The Kier molecular flexibility index (Phi) is 4.00. The van der Waals surface area contributed by atoms with E-state index >= 15 is 0 Å². The predicted molar refractivity (Wildman–Crippen MR) is 96.2 cm³/mol. The Labute approximate surface area is 144 Å². The van der Waals surface area contributed by atoms with Crippen LogP contribution in [0, 0.1) is 0 Å². The Morgan fingerprint density at radius 2 is 2.12 bits per heavy atom. The topological polar surface area (TPSA) is 58.1 Å². The second-order valence-electron chi connectivity index (χ2n) is 6.15. The van der Waals surface area contributed by atoms with E-state index in [1.807, 2.05) is 25.2 Å². The third kappa shape index (κ3) is 2.79. The van der Waals surface area contributed by atoms with Crippen molar-refractivity contribution in [2.45, 2.75) is 18.9 Å². The number of hydrogen-bond acceptors (Lipinski definition) is 5. The number of carbonyl (C=O) groups is 1.